The highest BCUT2D eigenvalue weighted by atomic mass is 16.5. The molecule has 0 fully saturated rings. The summed E-state index contributed by atoms with van der Waals surface area (Å²) in [6.07, 6.45) is 2.66. The van der Waals surface area contributed by atoms with Gasteiger partial charge in [0.1, 0.15) is 17.1 Å². The Kier molecular flexibility index (Phi) is 3.26. The van der Waals surface area contributed by atoms with Crippen molar-refractivity contribution in [3.05, 3.63) is 47.7 Å². The van der Waals surface area contributed by atoms with Crippen molar-refractivity contribution < 1.29 is 9.15 Å². The number of nitrogens with zero attached hydrogens (tertiary/aromatic N) is 1. The summed E-state index contributed by atoms with van der Waals surface area (Å²) in [5.41, 5.74) is 0.920. The van der Waals surface area contributed by atoms with Crippen LogP contribution in [-0.2, 0) is 13.0 Å². The molecule has 1 aliphatic heterocycles. The van der Waals surface area contributed by atoms with E-state index in [1.54, 1.807) is 6.20 Å². The van der Waals surface area contributed by atoms with Gasteiger partial charge in [-0.25, -0.2) is 4.98 Å². The Bertz CT molecular complexity index is 604. The van der Waals surface area contributed by atoms with Crippen molar-refractivity contribution in [3.8, 4) is 5.75 Å². The largest absolute Gasteiger partial charge is 0.486 e. The van der Waals surface area contributed by atoms with E-state index in [0.29, 0.717) is 6.54 Å². The normalized spacial score (nSPS) is 19.6. The topological polar surface area (TPSA) is 47.3 Å². The maximum absolute atomic E-state index is 6.01. The van der Waals surface area contributed by atoms with E-state index in [4.69, 9.17) is 9.15 Å². The van der Waals surface area contributed by atoms with Gasteiger partial charge < -0.3 is 9.15 Å². The molecule has 4 nitrogen and oxygen atoms in total. The molecule has 1 aromatic carbocycles. The van der Waals surface area contributed by atoms with E-state index >= 15 is 0 Å². The minimum absolute atomic E-state index is 0.135. The molecule has 20 heavy (non-hydrogen) atoms. The summed E-state index contributed by atoms with van der Waals surface area (Å²) in [6.45, 7) is 6.85. The highest BCUT2D eigenvalue weighted by Gasteiger charge is 2.40. The zero-order chi connectivity index (χ0) is 14.2. The van der Waals surface area contributed by atoms with Crippen LogP contribution in [0.15, 0.2) is 34.9 Å². The number of oxazole rings is 1. The Morgan fingerprint density at radius 2 is 2.10 bits per heavy atom. The molecule has 2 aromatic rings. The lowest BCUT2D eigenvalue weighted by Crippen LogP contribution is -2.38. The highest BCUT2D eigenvalue weighted by molar-refractivity contribution is 5.42. The Labute approximate surface area is 119 Å². The number of hydrogen-bond donors (Lipinski definition) is 1. The molecular weight excluding hydrogens is 252 g/mol. The van der Waals surface area contributed by atoms with Gasteiger partial charge in [0.2, 0.25) is 5.89 Å². The molecule has 4 heteroatoms. The van der Waals surface area contributed by atoms with E-state index in [2.05, 4.69) is 37.1 Å². The Morgan fingerprint density at radius 1 is 1.30 bits per heavy atom. The summed E-state index contributed by atoms with van der Waals surface area (Å²) in [5.74, 6) is 2.60. The number of fused-ring (bicyclic) bond motifs is 1. The summed E-state index contributed by atoms with van der Waals surface area (Å²) < 4.78 is 11.6. The molecule has 0 saturated heterocycles. The van der Waals surface area contributed by atoms with Crippen molar-refractivity contribution in [3.63, 3.8) is 0 Å². The van der Waals surface area contributed by atoms with Gasteiger partial charge in [-0.3, -0.25) is 5.32 Å². The molecule has 3 rings (SSSR count). The lowest BCUT2D eigenvalue weighted by Gasteiger charge is -2.26. The number of aromatic nitrogens is 1. The number of benzene rings is 1. The van der Waals surface area contributed by atoms with Crippen LogP contribution in [0, 0.1) is 0 Å². The molecule has 0 amide bonds. The molecule has 1 unspecified atom stereocenters. The number of ether oxygens (including phenoxy) is 1. The average molecular weight is 272 g/mol. The molecule has 0 bridgehead atoms. The number of nitrogens with one attached hydrogen (secondary N) is 1. The quantitative estimate of drug-likeness (QED) is 0.928. The van der Waals surface area contributed by atoms with Gasteiger partial charge in [-0.1, -0.05) is 25.1 Å². The van der Waals surface area contributed by atoms with E-state index in [-0.39, 0.29) is 11.6 Å². The monoisotopic (exact) mass is 272 g/mol. The van der Waals surface area contributed by atoms with Crippen LogP contribution < -0.4 is 10.1 Å². The number of para-hydroxylation sites is 1. The van der Waals surface area contributed by atoms with Gasteiger partial charge in [-0.15, -0.1) is 0 Å². The summed E-state index contributed by atoms with van der Waals surface area (Å²) in [6, 6.07) is 8.29. The molecule has 0 saturated carbocycles. The zero-order valence-corrected chi connectivity index (χ0v) is 12.1. The van der Waals surface area contributed by atoms with E-state index in [1.807, 2.05) is 18.2 Å². The smallest absolute Gasteiger partial charge is 0.208 e. The van der Waals surface area contributed by atoms with E-state index in [9.17, 15) is 0 Å². The molecule has 1 N–H and O–H groups in total. The second kappa shape index (κ2) is 4.94. The molecule has 0 spiro atoms. The van der Waals surface area contributed by atoms with Crippen molar-refractivity contribution in [2.24, 2.45) is 0 Å². The van der Waals surface area contributed by atoms with Gasteiger partial charge in [-0.2, -0.15) is 0 Å². The van der Waals surface area contributed by atoms with Crippen molar-refractivity contribution >= 4 is 0 Å². The summed E-state index contributed by atoms with van der Waals surface area (Å²) in [5, 5.41) is 3.50. The van der Waals surface area contributed by atoms with Crippen LogP contribution >= 0.6 is 0 Å². The third-order valence-corrected chi connectivity index (χ3v) is 3.71. The molecule has 1 atom stereocenters. The SMILES string of the molecule is CCc1cnc(CNC2c3ccccc3OC2(C)C)o1. The van der Waals surface area contributed by atoms with Crippen LogP contribution in [0.5, 0.6) is 5.75 Å². The van der Waals surface area contributed by atoms with Gasteiger partial charge in [0.25, 0.3) is 0 Å². The van der Waals surface area contributed by atoms with Gasteiger partial charge in [0.05, 0.1) is 18.8 Å². The second-order valence-electron chi connectivity index (χ2n) is 5.63. The lowest BCUT2D eigenvalue weighted by atomic mass is 9.94. The highest BCUT2D eigenvalue weighted by Crippen LogP contribution is 2.42. The number of hydrogen-bond acceptors (Lipinski definition) is 4. The first-order valence-corrected chi connectivity index (χ1v) is 7.05. The fourth-order valence-electron chi connectivity index (χ4n) is 2.67. The molecule has 1 aromatic heterocycles. The fourth-order valence-corrected chi connectivity index (χ4v) is 2.67. The predicted octanol–water partition coefficient (Wildman–Crippen LogP) is 3.24. The minimum Gasteiger partial charge on any atom is -0.486 e. The molecule has 2 heterocycles. The zero-order valence-electron chi connectivity index (χ0n) is 12.1. The summed E-state index contributed by atoms with van der Waals surface area (Å²) >= 11 is 0. The predicted molar refractivity (Wildman–Crippen MR) is 76.6 cm³/mol. The van der Waals surface area contributed by atoms with Crippen LogP contribution in [0.3, 0.4) is 0 Å². The third-order valence-electron chi connectivity index (χ3n) is 3.71. The molecular formula is C16H20N2O2. The Balaban J connectivity index is 1.76. The van der Waals surface area contributed by atoms with E-state index in [0.717, 1.165) is 23.8 Å². The van der Waals surface area contributed by atoms with Crippen LogP contribution in [0.1, 0.15) is 44.0 Å². The average Bonchev–Trinajstić information content (AvgIpc) is 2.97. The van der Waals surface area contributed by atoms with Crippen molar-refractivity contribution in [1.82, 2.24) is 10.3 Å². The van der Waals surface area contributed by atoms with Crippen LogP contribution in [0.25, 0.3) is 0 Å². The van der Waals surface area contributed by atoms with Crippen LogP contribution in [0.2, 0.25) is 0 Å². The molecule has 106 valence electrons. The Hall–Kier alpha value is -1.81. The second-order valence-corrected chi connectivity index (χ2v) is 5.63. The van der Waals surface area contributed by atoms with Gasteiger partial charge in [0, 0.05) is 12.0 Å². The van der Waals surface area contributed by atoms with Gasteiger partial charge >= 0.3 is 0 Å². The van der Waals surface area contributed by atoms with Gasteiger partial charge in [-0.05, 0) is 19.9 Å². The molecule has 0 radical (unpaired) electrons. The maximum Gasteiger partial charge on any atom is 0.208 e. The number of rotatable bonds is 4. The standard InChI is InChI=1S/C16H20N2O2/c1-4-11-9-17-14(19-11)10-18-15-12-7-5-6-8-13(12)20-16(15,2)3/h5-9,15,18H,4,10H2,1-3H3. The number of aryl methyl sites for hydroxylation is 1. The van der Waals surface area contributed by atoms with Crippen molar-refractivity contribution in [2.75, 3.05) is 0 Å². The molecule has 0 aliphatic carbocycles. The molecule has 1 aliphatic rings. The van der Waals surface area contributed by atoms with E-state index < -0.39 is 0 Å². The van der Waals surface area contributed by atoms with Crippen molar-refractivity contribution in [1.29, 1.82) is 0 Å². The lowest BCUT2D eigenvalue weighted by molar-refractivity contribution is 0.0947. The van der Waals surface area contributed by atoms with E-state index in [1.165, 1.54) is 5.56 Å². The first-order valence-electron chi connectivity index (χ1n) is 7.05. The van der Waals surface area contributed by atoms with Gasteiger partial charge in [0.15, 0.2) is 0 Å². The Morgan fingerprint density at radius 3 is 2.85 bits per heavy atom. The van der Waals surface area contributed by atoms with Crippen LogP contribution in [0.4, 0.5) is 0 Å². The summed E-state index contributed by atoms with van der Waals surface area (Å²) in [7, 11) is 0. The summed E-state index contributed by atoms with van der Waals surface area (Å²) in [4.78, 5) is 4.28. The fraction of sp³-hybridized carbons (Fsp3) is 0.438. The van der Waals surface area contributed by atoms with Crippen molar-refractivity contribution in [2.45, 2.75) is 45.4 Å². The first-order chi connectivity index (χ1) is 9.60. The first kappa shape index (κ1) is 13.2. The third kappa shape index (κ3) is 2.31. The van der Waals surface area contributed by atoms with Crippen LogP contribution in [-0.4, -0.2) is 10.6 Å². The maximum atomic E-state index is 6.01. The minimum atomic E-state index is -0.274.